The Morgan fingerprint density at radius 2 is 1.74 bits per heavy atom. The highest BCUT2D eigenvalue weighted by molar-refractivity contribution is 6.33. The van der Waals surface area contributed by atoms with Gasteiger partial charge >= 0.3 is 5.97 Å². The minimum Gasteiger partial charge on any atom is -0.454 e. The lowest BCUT2D eigenvalue weighted by atomic mass is 10.0. The number of esters is 1. The second kappa shape index (κ2) is 10.4. The Hall–Kier alpha value is -3.48. The fourth-order valence-electron chi connectivity index (χ4n) is 4.49. The second-order valence-corrected chi connectivity index (χ2v) is 8.92. The van der Waals surface area contributed by atoms with Crippen molar-refractivity contribution >= 4 is 34.3 Å². The average Bonchev–Trinajstić information content (AvgIpc) is 3.15. The highest BCUT2D eigenvalue weighted by Crippen LogP contribution is 2.30. The third-order valence-electron chi connectivity index (χ3n) is 6.05. The summed E-state index contributed by atoms with van der Waals surface area (Å²) < 4.78 is 12.8. The van der Waals surface area contributed by atoms with Gasteiger partial charge in [-0.15, -0.1) is 0 Å². The van der Waals surface area contributed by atoms with Gasteiger partial charge in [0.05, 0.1) is 29.4 Å². The van der Waals surface area contributed by atoms with E-state index in [-0.39, 0.29) is 18.4 Å². The molecule has 0 N–H and O–H groups in total. The first-order chi connectivity index (χ1) is 16.8. The molecule has 2 aromatic heterocycles. The smallest absolute Gasteiger partial charge is 0.339 e. The van der Waals surface area contributed by atoms with E-state index in [2.05, 4.69) is 9.55 Å². The number of Topliss-reactive ketones (excluding diaryl/α,β-unsaturated/α-hetero) is 1. The van der Waals surface area contributed by atoms with Gasteiger partial charge in [0.25, 0.3) is 0 Å². The number of ketones is 1. The number of hydrogen-bond donors (Lipinski definition) is 0. The standard InChI is InChI=1S/C28H27ClN2O4/c1-17-13-22(19(3)31(17)18(2)15-34-4)27(32)16-35-28(33)23-14-26(21-10-5-7-11-24(21)29)30-25-12-8-6-9-20(23)25/h5-14,18H,15-16H2,1-4H3. The van der Waals surface area contributed by atoms with Crippen molar-refractivity contribution in [2.75, 3.05) is 20.3 Å². The number of fused-ring (bicyclic) bond motifs is 1. The third kappa shape index (κ3) is 4.99. The Morgan fingerprint density at radius 1 is 1.03 bits per heavy atom. The van der Waals surface area contributed by atoms with Crippen LogP contribution < -0.4 is 0 Å². The van der Waals surface area contributed by atoms with Crippen molar-refractivity contribution in [3.63, 3.8) is 0 Å². The highest BCUT2D eigenvalue weighted by Gasteiger charge is 2.21. The van der Waals surface area contributed by atoms with Crippen LogP contribution in [0.1, 0.15) is 45.1 Å². The van der Waals surface area contributed by atoms with Gasteiger partial charge in [0.2, 0.25) is 5.78 Å². The van der Waals surface area contributed by atoms with E-state index in [0.29, 0.717) is 44.9 Å². The Labute approximate surface area is 209 Å². The predicted molar refractivity (Wildman–Crippen MR) is 137 cm³/mol. The van der Waals surface area contributed by atoms with E-state index in [1.807, 2.05) is 69.3 Å². The molecule has 1 atom stereocenters. The Balaban J connectivity index is 1.61. The number of carbonyl (C=O) groups is 2. The molecular weight excluding hydrogens is 464 g/mol. The number of para-hydroxylation sites is 1. The van der Waals surface area contributed by atoms with Crippen molar-refractivity contribution in [1.82, 2.24) is 9.55 Å². The zero-order valence-corrected chi connectivity index (χ0v) is 20.9. The summed E-state index contributed by atoms with van der Waals surface area (Å²) in [6, 6.07) is 18.2. The molecule has 4 aromatic rings. The Kier molecular flexibility index (Phi) is 7.34. The maximum atomic E-state index is 13.2. The number of aryl methyl sites for hydroxylation is 1. The number of benzene rings is 2. The van der Waals surface area contributed by atoms with Gasteiger partial charge in [-0.1, -0.05) is 48.0 Å². The number of pyridine rings is 1. The van der Waals surface area contributed by atoms with Gasteiger partial charge in [-0.2, -0.15) is 0 Å². The summed E-state index contributed by atoms with van der Waals surface area (Å²) in [7, 11) is 1.65. The molecule has 0 radical (unpaired) electrons. The summed E-state index contributed by atoms with van der Waals surface area (Å²) in [5.74, 6) is -0.848. The number of ether oxygens (including phenoxy) is 2. The van der Waals surface area contributed by atoms with E-state index in [1.54, 1.807) is 19.2 Å². The van der Waals surface area contributed by atoms with Crippen LogP contribution in [-0.4, -0.2) is 41.6 Å². The average molecular weight is 491 g/mol. The molecule has 1 unspecified atom stereocenters. The zero-order valence-electron chi connectivity index (χ0n) is 20.2. The fraction of sp³-hybridized carbons (Fsp3) is 0.250. The maximum Gasteiger partial charge on any atom is 0.339 e. The van der Waals surface area contributed by atoms with Crippen molar-refractivity contribution in [2.45, 2.75) is 26.8 Å². The summed E-state index contributed by atoms with van der Waals surface area (Å²) in [6.45, 7) is 6.03. The summed E-state index contributed by atoms with van der Waals surface area (Å²) >= 11 is 6.37. The van der Waals surface area contributed by atoms with Crippen LogP contribution in [0.4, 0.5) is 0 Å². The first-order valence-electron chi connectivity index (χ1n) is 11.3. The molecule has 0 aliphatic carbocycles. The lowest BCUT2D eigenvalue weighted by Gasteiger charge is -2.17. The van der Waals surface area contributed by atoms with Crippen molar-refractivity contribution in [2.24, 2.45) is 0 Å². The van der Waals surface area contributed by atoms with Gasteiger partial charge in [-0.05, 0) is 45.0 Å². The number of carbonyl (C=O) groups excluding carboxylic acids is 2. The molecule has 0 spiro atoms. The molecule has 180 valence electrons. The highest BCUT2D eigenvalue weighted by atomic mass is 35.5. The predicted octanol–water partition coefficient (Wildman–Crippen LogP) is 6.22. The van der Waals surface area contributed by atoms with Crippen LogP contribution >= 0.6 is 11.6 Å². The quantitative estimate of drug-likeness (QED) is 0.216. The fourth-order valence-corrected chi connectivity index (χ4v) is 4.72. The molecule has 0 fully saturated rings. The Morgan fingerprint density at radius 3 is 2.49 bits per heavy atom. The third-order valence-corrected chi connectivity index (χ3v) is 6.38. The SMILES string of the molecule is COCC(C)n1c(C)cc(C(=O)COC(=O)c2cc(-c3ccccc3Cl)nc3ccccc23)c1C. The van der Waals surface area contributed by atoms with Crippen LogP contribution in [0.5, 0.6) is 0 Å². The molecule has 7 heteroatoms. The molecule has 2 aromatic carbocycles. The summed E-state index contributed by atoms with van der Waals surface area (Å²) in [6.07, 6.45) is 0. The number of halogens is 1. The molecule has 35 heavy (non-hydrogen) atoms. The molecule has 2 heterocycles. The molecular formula is C28H27ClN2O4. The van der Waals surface area contributed by atoms with Gasteiger partial charge in [0.1, 0.15) is 0 Å². The molecule has 0 amide bonds. The van der Waals surface area contributed by atoms with E-state index in [0.717, 1.165) is 11.4 Å². The van der Waals surface area contributed by atoms with Gasteiger partial charge in [-0.25, -0.2) is 9.78 Å². The van der Waals surface area contributed by atoms with E-state index in [4.69, 9.17) is 21.1 Å². The van der Waals surface area contributed by atoms with Crippen LogP contribution in [0.25, 0.3) is 22.2 Å². The summed E-state index contributed by atoms with van der Waals surface area (Å²) in [5, 5.41) is 1.18. The van der Waals surface area contributed by atoms with E-state index < -0.39 is 5.97 Å². The van der Waals surface area contributed by atoms with Crippen molar-refractivity contribution in [3.05, 3.63) is 88.2 Å². The minimum absolute atomic E-state index is 0.0792. The Bertz CT molecular complexity index is 1410. The van der Waals surface area contributed by atoms with Crippen LogP contribution in [0.2, 0.25) is 5.02 Å². The largest absolute Gasteiger partial charge is 0.454 e. The van der Waals surface area contributed by atoms with E-state index >= 15 is 0 Å². The molecule has 0 aliphatic heterocycles. The summed E-state index contributed by atoms with van der Waals surface area (Å²) in [4.78, 5) is 30.8. The van der Waals surface area contributed by atoms with Crippen molar-refractivity contribution < 1.29 is 19.1 Å². The molecule has 0 saturated carbocycles. The minimum atomic E-state index is -0.591. The molecule has 0 aliphatic rings. The van der Waals surface area contributed by atoms with Gasteiger partial charge in [0, 0.05) is 40.0 Å². The van der Waals surface area contributed by atoms with E-state index in [9.17, 15) is 9.59 Å². The molecule has 4 rings (SSSR count). The van der Waals surface area contributed by atoms with Crippen LogP contribution in [0.15, 0.2) is 60.7 Å². The molecule has 0 saturated heterocycles. The monoisotopic (exact) mass is 490 g/mol. The second-order valence-electron chi connectivity index (χ2n) is 8.51. The molecule has 0 bridgehead atoms. The van der Waals surface area contributed by atoms with Gasteiger partial charge in [-0.3, -0.25) is 4.79 Å². The van der Waals surface area contributed by atoms with Gasteiger partial charge < -0.3 is 14.0 Å². The van der Waals surface area contributed by atoms with Crippen LogP contribution in [0.3, 0.4) is 0 Å². The maximum absolute atomic E-state index is 13.2. The number of rotatable bonds is 8. The van der Waals surface area contributed by atoms with Crippen LogP contribution in [-0.2, 0) is 9.47 Å². The number of hydrogen-bond acceptors (Lipinski definition) is 5. The summed E-state index contributed by atoms with van der Waals surface area (Å²) in [5.41, 5.74) is 4.55. The lowest BCUT2D eigenvalue weighted by molar-refractivity contribution is 0.0476. The normalized spacial score (nSPS) is 12.0. The zero-order chi connectivity index (χ0) is 25.1. The van der Waals surface area contributed by atoms with Gasteiger partial charge in [0.15, 0.2) is 6.61 Å². The van der Waals surface area contributed by atoms with Crippen LogP contribution in [0, 0.1) is 13.8 Å². The number of aromatic nitrogens is 2. The topological polar surface area (TPSA) is 70.4 Å². The first-order valence-corrected chi connectivity index (χ1v) is 11.7. The van der Waals surface area contributed by atoms with Crippen molar-refractivity contribution in [1.29, 1.82) is 0 Å². The molecule has 6 nitrogen and oxygen atoms in total. The lowest BCUT2D eigenvalue weighted by Crippen LogP contribution is -2.17. The van der Waals surface area contributed by atoms with E-state index in [1.165, 1.54) is 0 Å². The number of methoxy groups -OCH3 is 1. The van der Waals surface area contributed by atoms with Crippen molar-refractivity contribution in [3.8, 4) is 11.3 Å². The number of nitrogens with zero attached hydrogens (tertiary/aromatic N) is 2. The first kappa shape index (κ1) is 24.6.